The average molecular weight is 248 g/mol. The molecule has 5 heteroatoms. The Kier molecular flexibility index (Phi) is 3.72. The van der Waals surface area contributed by atoms with Crippen LogP contribution >= 0.6 is 11.5 Å². The second-order valence-electron chi connectivity index (χ2n) is 3.37. The zero-order valence-corrected chi connectivity index (χ0v) is 10.2. The van der Waals surface area contributed by atoms with E-state index in [1.807, 2.05) is 24.3 Å². The van der Waals surface area contributed by atoms with Crippen LogP contribution in [-0.2, 0) is 6.54 Å². The number of aromatic nitrogens is 1. The van der Waals surface area contributed by atoms with E-state index < -0.39 is 0 Å². The predicted octanol–water partition coefficient (Wildman–Crippen LogP) is 2.08. The van der Waals surface area contributed by atoms with Crippen LogP contribution in [-0.4, -0.2) is 17.4 Å². The Hall–Kier alpha value is -1.88. The van der Waals surface area contributed by atoms with Crippen molar-refractivity contribution in [3.8, 4) is 5.75 Å². The maximum Gasteiger partial charge on any atom is 0.263 e. The number of carbonyl (C=O) groups is 1. The van der Waals surface area contributed by atoms with E-state index in [4.69, 9.17) is 4.74 Å². The van der Waals surface area contributed by atoms with Gasteiger partial charge in [-0.1, -0.05) is 18.2 Å². The zero-order chi connectivity index (χ0) is 12.1. The van der Waals surface area contributed by atoms with Gasteiger partial charge in [-0.3, -0.25) is 4.79 Å². The quantitative estimate of drug-likeness (QED) is 0.901. The van der Waals surface area contributed by atoms with Gasteiger partial charge in [0.2, 0.25) is 0 Å². The first kappa shape index (κ1) is 11.6. The van der Waals surface area contributed by atoms with Gasteiger partial charge in [-0.2, -0.15) is 0 Å². The lowest BCUT2D eigenvalue weighted by Gasteiger charge is -2.08. The summed E-state index contributed by atoms with van der Waals surface area (Å²) in [6.45, 7) is 0.445. The minimum atomic E-state index is -0.113. The molecule has 1 aromatic carbocycles. The van der Waals surface area contributed by atoms with E-state index in [9.17, 15) is 4.79 Å². The fraction of sp³-hybridized carbons (Fsp3) is 0.167. The van der Waals surface area contributed by atoms with Crippen LogP contribution in [0.2, 0.25) is 0 Å². The topological polar surface area (TPSA) is 51.2 Å². The van der Waals surface area contributed by atoms with Crippen molar-refractivity contribution in [2.45, 2.75) is 6.54 Å². The minimum absolute atomic E-state index is 0.113. The number of amides is 1. The summed E-state index contributed by atoms with van der Waals surface area (Å²) in [5, 5.41) is 2.83. The lowest BCUT2D eigenvalue weighted by Crippen LogP contribution is -2.22. The number of carbonyl (C=O) groups excluding carboxylic acids is 1. The average Bonchev–Trinajstić information content (AvgIpc) is 2.90. The van der Waals surface area contributed by atoms with Gasteiger partial charge in [0.25, 0.3) is 5.91 Å². The Balaban J connectivity index is 2.00. The molecule has 1 N–H and O–H groups in total. The Labute approximate surface area is 103 Å². The molecule has 2 aromatic rings. The van der Waals surface area contributed by atoms with Crippen LogP contribution in [0.25, 0.3) is 0 Å². The van der Waals surface area contributed by atoms with Crippen LogP contribution in [0, 0.1) is 0 Å². The summed E-state index contributed by atoms with van der Waals surface area (Å²) < 4.78 is 9.10. The number of benzene rings is 1. The van der Waals surface area contributed by atoms with E-state index in [1.165, 1.54) is 11.5 Å². The van der Waals surface area contributed by atoms with Crippen molar-refractivity contribution in [2.24, 2.45) is 0 Å². The molecule has 1 heterocycles. The van der Waals surface area contributed by atoms with Crippen molar-refractivity contribution in [1.29, 1.82) is 0 Å². The Morgan fingerprint density at radius 1 is 1.41 bits per heavy atom. The lowest BCUT2D eigenvalue weighted by molar-refractivity contribution is 0.0955. The third kappa shape index (κ3) is 2.82. The number of rotatable bonds is 4. The van der Waals surface area contributed by atoms with Crippen molar-refractivity contribution in [2.75, 3.05) is 7.11 Å². The van der Waals surface area contributed by atoms with E-state index in [0.29, 0.717) is 11.4 Å². The molecule has 1 amide bonds. The van der Waals surface area contributed by atoms with E-state index in [-0.39, 0.29) is 5.91 Å². The van der Waals surface area contributed by atoms with Gasteiger partial charge in [-0.25, -0.2) is 4.37 Å². The smallest absolute Gasteiger partial charge is 0.263 e. The molecular formula is C12H12N2O2S. The highest BCUT2D eigenvalue weighted by atomic mass is 32.1. The normalized spacial score (nSPS) is 9.94. The van der Waals surface area contributed by atoms with E-state index >= 15 is 0 Å². The molecule has 0 aliphatic carbocycles. The van der Waals surface area contributed by atoms with Crippen LogP contribution in [0.15, 0.2) is 36.5 Å². The molecule has 17 heavy (non-hydrogen) atoms. The second kappa shape index (κ2) is 5.45. The number of hydrogen-bond donors (Lipinski definition) is 1. The van der Waals surface area contributed by atoms with E-state index in [1.54, 1.807) is 19.4 Å². The summed E-state index contributed by atoms with van der Waals surface area (Å²) >= 11 is 1.18. The van der Waals surface area contributed by atoms with Crippen molar-refractivity contribution >= 4 is 17.4 Å². The number of nitrogens with zero attached hydrogens (tertiary/aromatic N) is 1. The highest BCUT2D eigenvalue weighted by molar-refractivity contribution is 7.08. The van der Waals surface area contributed by atoms with Gasteiger partial charge >= 0.3 is 0 Å². The van der Waals surface area contributed by atoms with Crippen LogP contribution in [0.3, 0.4) is 0 Å². The monoisotopic (exact) mass is 248 g/mol. The number of nitrogens with one attached hydrogen (secondary N) is 1. The molecule has 0 fully saturated rings. The van der Waals surface area contributed by atoms with E-state index in [2.05, 4.69) is 9.69 Å². The lowest BCUT2D eigenvalue weighted by atomic mass is 10.2. The first-order chi connectivity index (χ1) is 8.31. The van der Waals surface area contributed by atoms with Crippen LogP contribution < -0.4 is 10.1 Å². The Morgan fingerprint density at radius 2 is 2.24 bits per heavy atom. The first-order valence-electron chi connectivity index (χ1n) is 5.12. The first-order valence-corrected chi connectivity index (χ1v) is 5.89. The summed E-state index contributed by atoms with van der Waals surface area (Å²) in [6.07, 6.45) is 1.61. The Bertz CT molecular complexity index is 497. The molecule has 2 rings (SSSR count). The van der Waals surface area contributed by atoms with Gasteiger partial charge in [-0.15, -0.1) is 0 Å². The summed E-state index contributed by atoms with van der Waals surface area (Å²) in [7, 11) is 1.61. The van der Waals surface area contributed by atoms with Gasteiger partial charge in [-0.05, 0) is 23.7 Å². The largest absolute Gasteiger partial charge is 0.496 e. The summed E-state index contributed by atoms with van der Waals surface area (Å²) in [5.74, 6) is 0.663. The summed E-state index contributed by atoms with van der Waals surface area (Å²) in [4.78, 5) is 12.3. The molecule has 4 nitrogen and oxygen atoms in total. The fourth-order valence-electron chi connectivity index (χ4n) is 1.44. The SMILES string of the molecule is COc1ccccc1CNC(=O)c1ccns1. The van der Waals surface area contributed by atoms with Crippen LogP contribution in [0.1, 0.15) is 15.2 Å². The second-order valence-corrected chi connectivity index (χ2v) is 4.20. The van der Waals surface area contributed by atoms with Gasteiger partial charge in [0.15, 0.2) is 0 Å². The molecule has 88 valence electrons. The fourth-order valence-corrected chi connectivity index (χ4v) is 1.96. The molecule has 0 bridgehead atoms. The molecule has 0 unspecified atom stereocenters. The van der Waals surface area contributed by atoms with Gasteiger partial charge in [0.05, 0.1) is 7.11 Å². The highest BCUT2D eigenvalue weighted by Gasteiger charge is 2.08. The molecule has 0 atom stereocenters. The summed E-state index contributed by atoms with van der Waals surface area (Å²) in [6, 6.07) is 9.30. The third-order valence-electron chi connectivity index (χ3n) is 2.29. The molecule has 0 aliphatic heterocycles. The van der Waals surface area contributed by atoms with Gasteiger partial charge in [0, 0.05) is 18.3 Å². The number of hydrogen-bond acceptors (Lipinski definition) is 4. The number of para-hydroxylation sites is 1. The van der Waals surface area contributed by atoms with Gasteiger partial charge in [0.1, 0.15) is 10.6 Å². The Morgan fingerprint density at radius 3 is 2.94 bits per heavy atom. The molecule has 0 saturated carbocycles. The third-order valence-corrected chi connectivity index (χ3v) is 3.04. The predicted molar refractivity (Wildman–Crippen MR) is 66.3 cm³/mol. The van der Waals surface area contributed by atoms with Gasteiger partial charge < -0.3 is 10.1 Å². The van der Waals surface area contributed by atoms with Crippen molar-refractivity contribution < 1.29 is 9.53 Å². The van der Waals surface area contributed by atoms with Crippen molar-refractivity contribution in [1.82, 2.24) is 9.69 Å². The standard InChI is InChI=1S/C12H12N2O2S/c1-16-10-5-3-2-4-9(10)8-13-12(15)11-6-7-14-17-11/h2-7H,8H2,1H3,(H,13,15). The maximum atomic E-state index is 11.7. The molecule has 0 spiro atoms. The number of methoxy groups -OCH3 is 1. The zero-order valence-electron chi connectivity index (χ0n) is 9.34. The highest BCUT2D eigenvalue weighted by Crippen LogP contribution is 2.17. The maximum absolute atomic E-state index is 11.7. The van der Waals surface area contributed by atoms with Crippen molar-refractivity contribution in [3.63, 3.8) is 0 Å². The molecule has 0 aliphatic rings. The van der Waals surface area contributed by atoms with Crippen LogP contribution in [0.5, 0.6) is 5.75 Å². The van der Waals surface area contributed by atoms with Crippen molar-refractivity contribution in [3.05, 3.63) is 47.0 Å². The molecule has 0 saturated heterocycles. The molecule has 0 radical (unpaired) electrons. The summed E-state index contributed by atoms with van der Waals surface area (Å²) in [5.41, 5.74) is 0.952. The number of ether oxygens (including phenoxy) is 1. The minimum Gasteiger partial charge on any atom is -0.496 e. The van der Waals surface area contributed by atoms with Crippen LogP contribution in [0.4, 0.5) is 0 Å². The van der Waals surface area contributed by atoms with E-state index in [0.717, 1.165) is 11.3 Å². The molecule has 1 aromatic heterocycles. The molecular weight excluding hydrogens is 236 g/mol.